The van der Waals surface area contributed by atoms with Gasteiger partial charge >= 0.3 is 5.91 Å². The monoisotopic (exact) mass is 302 g/mol. The number of fused-ring (bicyclic) bond motifs is 1. The number of carbonyl (C=O) groups excluding carboxylic acids is 1. The van der Waals surface area contributed by atoms with Crippen LogP contribution in [0.1, 0.15) is 57.8 Å². The molecule has 4 heteroatoms. The minimum absolute atomic E-state index is 0. The predicted octanol–water partition coefficient (Wildman–Crippen LogP) is -2.39. The Labute approximate surface area is 114 Å². The van der Waals surface area contributed by atoms with Crippen molar-refractivity contribution in [3.8, 4) is 0 Å². The van der Waals surface area contributed by atoms with Crippen LogP contribution in [0.25, 0.3) is 0 Å². The highest BCUT2D eigenvalue weighted by Crippen LogP contribution is 2.27. The Balaban J connectivity index is 0.00000108. The lowest BCUT2D eigenvalue weighted by Gasteiger charge is -2.32. The van der Waals surface area contributed by atoms with E-state index in [1.165, 1.54) is 56.3 Å². The van der Waals surface area contributed by atoms with Crippen LogP contribution >= 0.6 is 0 Å². The highest BCUT2D eigenvalue weighted by molar-refractivity contribution is 5.75. The van der Waals surface area contributed by atoms with Gasteiger partial charge in [-0.15, -0.1) is 0 Å². The lowest BCUT2D eigenvalue weighted by atomic mass is 9.94. The molecule has 1 amide bonds. The first kappa shape index (κ1) is 13.5. The van der Waals surface area contributed by atoms with Crippen molar-refractivity contribution < 1.29 is 26.7 Å². The van der Waals surface area contributed by atoms with E-state index in [1.807, 2.05) is 0 Å². The van der Waals surface area contributed by atoms with Gasteiger partial charge in [0.05, 0.1) is 6.54 Å². The average Bonchev–Trinajstić information content (AvgIpc) is 2.43. The van der Waals surface area contributed by atoms with Gasteiger partial charge in [0.1, 0.15) is 6.04 Å². The van der Waals surface area contributed by atoms with Gasteiger partial charge < -0.3 is 17.0 Å². The average molecular weight is 303 g/mol. The van der Waals surface area contributed by atoms with Gasteiger partial charge in [-0.2, -0.15) is 0 Å². The van der Waals surface area contributed by atoms with Crippen molar-refractivity contribution in [2.24, 2.45) is 0 Å². The molecule has 1 spiro atoms. The van der Waals surface area contributed by atoms with E-state index >= 15 is 0 Å². The van der Waals surface area contributed by atoms with E-state index in [0.29, 0.717) is 5.91 Å². The third-order valence-electron chi connectivity index (χ3n) is 4.77. The number of hydrogen-bond acceptors (Lipinski definition) is 2. The lowest BCUT2D eigenvalue weighted by molar-refractivity contribution is -0.872. The summed E-state index contributed by atoms with van der Waals surface area (Å²) in [6.07, 6.45) is 11.2. The third-order valence-corrected chi connectivity index (χ3v) is 4.77. The maximum absolute atomic E-state index is 12.4. The van der Waals surface area contributed by atoms with Crippen molar-refractivity contribution in [1.82, 2.24) is 5.32 Å². The van der Waals surface area contributed by atoms with Gasteiger partial charge in [-0.25, -0.2) is 10.1 Å². The van der Waals surface area contributed by atoms with E-state index in [-0.39, 0.29) is 28.7 Å². The molecule has 3 atom stereocenters. The van der Waals surface area contributed by atoms with Gasteiger partial charge in [-0.05, 0) is 32.1 Å². The number of halogens is 1. The normalized spacial score (nSPS) is 41.8. The van der Waals surface area contributed by atoms with Crippen molar-refractivity contribution in [2.75, 3.05) is 6.54 Å². The lowest BCUT2D eigenvalue weighted by Crippen LogP contribution is -3.21. The maximum Gasteiger partial charge on any atom is 0.330 e. The van der Waals surface area contributed by atoms with Gasteiger partial charge in [-0.3, -0.25) is 4.90 Å². The molecular weight excluding hydrogens is 280 g/mol. The summed E-state index contributed by atoms with van der Waals surface area (Å²) in [5.41, 5.74) is 0.138. The van der Waals surface area contributed by atoms with Crippen molar-refractivity contribution in [3.05, 3.63) is 0 Å². The fraction of sp³-hybridized carbons (Fsp3) is 0.923. The molecular formula is C13H23BrN2O. The summed E-state index contributed by atoms with van der Waals surface area (Å²) in [6.45, 7) is 1.07. The van der Waals surface area contributed by atoms with Crippen LogP contribution in [0.15, 0.2) is 0 Å². The second-order valence-corrected chi connectivity index (χ2v) is 5.78. The molecule has 3 nitrogen and oxygen atoms in total. The van der Waals surface area contributed by atoms with Crippen molar-refractivity contribution in [1.29, 1.82) is 0 Å². The molecule has 0 aromatic carbocycles. The van der Waals surface area contributed by atoms with Crippen LogP contribution in [0.3, 0.4) is 0 Å². The summed E-state index contributed by atoms with van der Waals surface area (Å²) in [5.74, 6) is 0.476. The van der Waals surface area contributed by atoms with Gasteiger partial charge in [0.15, 0.2) is 5.66 Å². The van der Waals surface area contributed by atoms with Gasteiger partial charge in [-0.1, -0.05) is 12.8 Å². The molecule has 0 aromatic heterocycles. The van der Waals surface area contributed by atoms with E-state index in [9.17, 15) is 4.79 Å². The van der Waals surface area contributed by atoms with Crippen LogP contribution < -0.4 is 27.2 Å². The summed E-state index contributed by atoms with van der Waals surface area (Å²) in [4.78, 5) is 13.6. The van der Waals surface area contributed by atoms with E-state index < -0.39 is 0 Å². The molecule has 0 saturated carbocycles. The standard InChI is InChI=1S/C13H22N2O.BrH/c16-12-11-7-3-1-4-8-13(14-11)9-5-2-6-10-15(12)13;/h11,14H,1-10H2;1H. The summed E-state index contributed by atoms with van der Waals surface area (Å²) in [5, 5.41) is 3.71. The zero-order chi connectivity index (χ0) is 11.0. The Morgan fingerprint density at radius 3 is 2.53 bits per heavy atom. The second kappa shape index (κ2) is 5.37. The van der Waals surface area contributed by atoms with Gasteiger partial charge in [0, 0.05) is 12.8 Å². The summed E-state index contributed by atoms with van der Waals surface area (Å²) >= 11 is 0. The minimum Gasteiger partial charge on any atom is -1.00 e. The van der Waals surface area contributed by atoms with Crippen LogP contribution in [0.4, 0.5) is 0 Å². The summed E-state index contributed by atoms with van der Waals surface area (Å²) in [7, 11) is 0. The molecule has 3 heterocycles. The first-order valence-corrected chi connectivity index (χ1v) is 7.00. The molecule has 2 bridgehead atoms. The number of rotatable bonds is 0. The van der Waals surface area contributed by atoms with Crippen molar-refractivity contribution >= 4 is 5.91 Å². The van der Waals surface area contributed by atoms with Gasteiger partial charge in [0.2, 0.25) is 0 Å². The van der Waals surface area contributed by atoms with Crippen LogP contribution in [0, 0.1) is 0 Å². The fourth-order valence-electron chi connectivity index (χ4n) is 3.93. The Kier molecular flexibility index (Phi) is 4.26. The number of nitrogens with one attached hydrogen (secondary N) is 2. The van der Waals surface area contributed by atoms with Crippen LogP contribution in [0.5, 0.6) is 0 Å². The van der Waals surface area contributed by atoms with Gasteiger partial charge in [0.25, 0.3) is 0 Å². The number of carbonyl (C=O) groups is 1. The molecule has 3 saturated heterocycles. The largest absolute Gasteiger partial charge is 1.00 e. The zero-order valence-electron chi connectivity index (χ0n) is 10.4. The molecule has 17 heavy (non-hydrogen) atoms. The smallest absolute Gasteiger partial charge is 0.330 e. The maximum atomic E-state index is 12.4. The van der Waals surface area contributed by atoms with Crippen LogP contribution in [-0.2, 0) is 4.79 Å². The Bertz CT molecular complexity index is 297. The number of quaternary nitrogens is 1. The fourth-order valence-corrected chi connectivity index (χ4v) is 3.93. The zero-order valence-corrected chi connectivity index (χ0v) is 12.0. The van der Waals surface area contributed by atoms with Crippen LogP contribution in [-0.4, -0.2) is 24.2 Å². The van der Waals surface area contributed by atoms with E-state index in [0.717, 1.165) is 13.0 Å². The van der Waals surface area contributed by atoms with E-state index in [1.54, 1.807) is 0 Å². The third kappa shape index (κ3) is 2.32. The van der Waals surface area contributed by atoms with E-state index in [4.69, 9.17) is 0 Å². The second-order valence-electron chi connectivity index (χ2n) is 5.78. The predicted molar refractivity (Wildman–Crippen MR) is 62.0 cm³/mol. The summed E-state index contributed by atoms with van der Waals surface area (Å²) in [6, 6.07) is 0.174. The van der Waals surface area contributed by atoms with E-state index in [2.05, 4.69) is 5.32 Å². The molecule has 3 fully saturated rings. The molecule has 3 aliphatic heterocycles. The number of amides is 1. The Morgan fingerprint density at radius 1 is 1.06 bits per heavy atom. The van der Waals surface area contributed by atoms with Crippen molar-refractivity contribution in [3.63, 3.8) is 0 Å². The molecule has 0 aliphatic carbocycles. The Morgan fingerprint density at radius 2 is 1.76 bits per heavy atom. The molecule has 0 aromatic rings. The highest BCUT2D eigenvalue weighted by Gasteiger charge is 2.55. The topological polar surface area (TPSA) is 33.5 Å². The molecule has 98 valence electrons. The molecule has 3 aliphatic rings. The molecule has 3 rings (SSSR count). The molecule has 0 radical (unpaired) electrons. The first-order valence-electron chi connectivity index (χ1n) is 7.00. The molecule has 2 N–H and O–H groups in total. The first-order chi connectivity index (χ1) is 7.82. The highest BCUT2D eigenvalue weighted by atomic mass is 79.9. The SMILES string of the molecule is O=C1C2CCCCCC3(CCCCC[NH+]13)N2.[Br-]. The number of hydrogen-bond donors (Lipinski definition) is 2. The quantitative estimate of drug-likeness (QED) is 0.524. The van der Waals surface area contributed by atoms with Crippen molar-refractivity contribution in [2.45, 2.75) is 69.5 Å². The summed E-state index contributed by atoms with van der Waals surface area (Å²) < 4.78 is 0. The Hall–Kier alpha value is 0.0700. The minimum atomic E-state index is 0. The molecule has 3 unspecified atom stereocenters. The van der Waals surface area contributed by atoms with Crippen LogP contribution in [0.2, 0.25) is 0 Å².